The van der Waals surface area contributed by atoms with Gasteiger partial charge in [-0.1, -0.05) is 0 Å². The number of hydrogen-bond donors (Lipinski definition) is 1. The van der Waals surface area contributed by atoms with Gasteiger partial charge in [-0.15, -0.1) is 0 Å². The zero-order valence-corrected chi connectivity index (χ0v) is 10.6. The number of rotatable bonds is 3. The first-order valence-corrected chi connectivity index (χ1v) is 6.01. The van der Waals surface area contributed by atoms with Crippen LogP contribution in [0.15, 0.2) is 0 Å². The maximum absolute atomic E-state index is 12.2. The lowest BCUT2D eigenvalue weighted by Gasteiger charge is -2.37. The summed E-state index contributed by atoms with van der Waals surface area (Å²) in [6, 6.07) is -1.28. The number of carbonyl (C=O) groups excluding carboxylic acids is 1. The Balaban J connectivity index is 2.68. The molecule has 1 fully saturated rings. The molecule has 1 aliphatic heterocycles. The van der Waals surface area contributed by atoms with Gasteiger partial charge in [0.2, 0.25) is 0 Å². The van der Waals surface area contributed by atoms with E-state index in [4.69, 9.17) is 5.11 Å². The molecule has 1 unspecified atom stereocenters. The molecule has 8 heteroatoms. The molecule has 0 saturated carbocycles. The van der Waals surface area contributed by atoms with E-state index in [1.807, 2.05) is 0 Å². The Hall–Kier alpha value is -1.47. The summed E-state index contributed by atoms with van der Waals surface area (Å²) >= 11 is 0. The first-order chi connectivity index (χ1) is 8.70. The predicted octanol–water partition coefficient (Wildman–Crippen LogP) is 1.93. The number of likely N-dealkylation sites (tertiary alicyclic amines) is 1. The molecule has 0 aromatic carbocycles. The summed E-state index contributed by atoms with van der Waals surface area (Å²) in [5.74, 6) is -1.05. The minimum Gasteiger partial charge on any atom is -0.481 e. The topological polar surface area (TPSA) is 60.9 Å². The van der Waals surface area contributed by atoms with Crippen LogP contribution in [-0.2, 0) is 4.79 Å². The first-order valence-electron chi connectivity index (χ1n) is 6.01. The fourth-order valence-corrected chi connectivity index (χ4v) is 2.22. The second kappa shape index (κ2) is 6.12. The lowest BCUT2D eigenvalue weighted by atomic mass is 10.00. The summed E-state index contributed by atoms with van der Waals surface area (Å²) in [6.07, 6.45) is -2.71. The summed E-state index contributed by atoms with van der Waals surface area (Å²) in [4.78, 5) is 24.5. The summed E-state index contributed by atoms with van der Waals surface area (Å²) < 4.78 is 36.7. The van der Waals surface area contributed by atoms with Crippen molar-refractivity contribution in [1.29, 1.82) is 0 Å². The molecule has 2 amide bonds. The van der Waals surface area contributed by atoms with Crippen molar-refractivity contribution in [2.24, 2.45) is 0 Å². The van der Waals surface area contributed by atoms with Crippen molar-refractivity contribution < 1.29 is 27.9 Å². The molecule has 110 valence electrons. The number of hydrogen-bond acceptors (Lipinski definition) is 2. The molecule has 1 saturated heterocycles. The van der Waals surface area contributed by atoms with E-state index in [2.05, 4.69) is 0 Å². The summed E-state index contributed by atoms with van der Waals surface area (Å²) in [7, 11) is 1.07. The Labute approximate surface area is 109 Å². The van der Waals surface area contributed by atoms with E-state index in [1.165, 1.54) is 4.90 Å². The minimum absolute atomic E-state index is 0.231. The third kappa shape index (κ3) is 4.96. The molecule has 0 aromatic rings. The van der Waals surface area contributed by atoms with Crippen LogP contribution in [0, 0.1) is 0 Å². The Kier molecular flexibility index (Phi) is 5.02. The lowest BCUT2D eigenvalue weighted by Crippen LogP contribution is -2.51. The van der Waals surface area contributed by atoms with Gasteiger partial charge in [-0.3, -0.25) is 4.79 Å². The van der Waals surface area contributed by atoms with Crippen LogP contribution in [0.3, 0.4) is 0 Å². The van der Waals surface area contributed by atoms with E-state index >= 15 is 0 Å². The number of nitrogens with zero attached hydrogens (tertiary/aromatic N) is 2. The zero-order valence-electron chi connectivity index (χ0n) is 10.6. The van der Waals surface area contributed by atoms with Crippen molar-refractivity contribution in [1.82, 2.24) is 9.80 Å². The van der Waals surface area contributed by atoms with Gasteiger partial charge in [0.25, 0.3) is 0 Å². The number of urea groups is 1. The van der Waals surface area contributed by atoms with Crippen molar-refractivity contribution in [3.05, 3.63) is 0 Å². The normalized spacial score (nSPS) is 20.2. The van der Waals surface area contributed by atoms with E-state index in [0.29, 0.717) is 24.3 Å². The molecule has 1 N–H and O–H groups in total. The van der Waals surface area contributed by atoms with Gasteiger partial charge in [-0.05, 0) is 19.3 Å². The highest BCUT2D eigenvalue weighted by molar-refractivity contribution is 5.76. The SMILES string of the molecule is CN(CC(F)(F)F)C(=O)N1CCCCC1CC(=O)O. The van der Waals surface area contributed by atoms with Crippen LogP contribution in [0.4, 0.5) is 18.0 Å². The number of carboxylic acids is 1. The lowest BCUT2D eigenvalue weighted by molar-refractivity contribution is -0.141. The monoisotopic (exact) mass is 282 g/mol. The van der Waals surface area contributed by atoms with Gasteiger partial charge in [0.05, 0.1) is 6.42 Å². The Morgan fingerprint density at radius 1 is 1.37 bits per heavy atom. The van der Waals surface area contributed by atoms with Crippen LogP contribution < -0.4 is 0 Å². The van der Waals surface area contributed by atoms with E-state index in [1.54, 1.807) is 0 Å². The van der Waals surface area contributed by atoms with Crippen molar-refractivity contribution >= 4 is 12.0 Å². The number of halogens is 3. The van der Waals surface area contributed by atoms with Gasteiger partial charge in [-0.25, -0.2) is 4.79 Å². The summed E-state index contributed by atoms with van der Waals surface area (Å²) in [5.41, 5.74) is 0. The van der Waals surface area contributed by atoms with E-state index < -0.39 is 30.8 Å². The number of piperidine rings is 1. The van der Waals surface area contributed by atoms with Crippen LogP contribution in [0.2, 0.25) is 0 Å². The molecule has 5 nitrogen and oxygen atoms in total. The van der Waals surface area contributed by atoms with E-state index in [0.717, 1.165) is 13.5 Å². The first kappa shape index (κ1) is 15.6. The molecule has 0 spiro atoms. The molecule has 1 atom stereocenters. The molecule has 1 rings (SSSR count). The molecule has 0 aliphatic carbocycles. The van der Waals surface area contributed by atoms with Crippen LogP contribution >= 0.6 is 0 Å². The maximum Gasteiger partial charge on any atom is 0.406 e. The summed E-state index contributed by atoms with van der Waals surface area (Å²) in [5, 5.41) is 8.76. The molecular formula is C11H17F3N2O3. The molecule has 1 heterocycles. The number of carbonyl (C=O) groups is 2. The van der Waals surface area contributed by atoms with Gasteiger partial charge >= 0.3 is 18.2 Å². The highest BCUT2D eigenvalue weighted by Crippen LogP contribution is 2.22. The van der Waals surface area contributed by atoms with E-state index in [-0.39, 0.29) is 6.42 Å². The van der Waals surface area contributed by atoms with Crippen LogP contribution in [0.25, 0.3) is 0 Å². The smallest absolute Gasteiger partial charge is 0.406 e. The molecule has 0 bridgehead atoms. The third-order valence-electron chi connectivity index (χ3n) is 3.03. The van der Waals surface area contributed by atoms with Crippen molar-refractivity contribution in [2.45, 2.75) is 37.9 Å². The number of alkyl halides is 3. The van der Waals surface area contributed by atoms with Gasteiger partial charge in [0, 0.05) is 19.6 Å². The Bertz CT molecular complexity index is 347. The fraction of sp³-hybridized carbons (Fsp3) is 0.818. The summed E-state index contributed by atoms with van der Waals surface area (Å²) in [6.45, 7) is -1.03. The predicted molar refractivity (Wildman–Crippen MR) is 60.7 cm³/mol. The van der Waals surface area contributed by atoms with Crippen molar-refractivity contribution in [2.75, 3.05) is 20.1 Å². The van der Waals surface area contributed by atoms with Crippen LogP contribution in [-0.4, -0.2) is 59.3 Å². The van der Waals surface area contributed by atoms with Crippen molar-refractivity contribution in [3.8, 4) is 0 Å². The minimum atomic E-state index is -4.46. The second-order valence-electron chi connectivity index (χ2n) is 4.69. The van der Waals surface area contributed by atoms with Gasteiger partial charge in [-0.2, -0.15) is 13.2 Å². The van der Waals surface area contributed by atoms with Crippen molar-refractivity contribution in [3.63, 3.8) is 0 Å². The third-order valence-corrected chi connectivity index (χ3v) is 3.03. The highest BCUT2D eigenvalue weighted by atomic mass is 19.4. The van der Waals surface area contributed by atoms with Crippen LogP contribution in [0.1, 0.15) is 25.7 Å². The van der Waals surface area contributed by atoms with Crippen LogP contribution in [0.5, 0.6) is 0 Å². The number of aliphatic carboxylic acids is 1. The Morgan fingerprint density at radius 2 is 2.00 bits per heavy atom. The number of carboxylic acid groups (broad SMARTS) is 1. The quantitative estimate of drug-likeness (QED) is 0.860. The largest absolute Gasteiger partial charge is 0.481 e. The van der Waals surface area contributed by atoms with Gasteiger partial charge < -0.3 is 14.9 Å². The van der Waals surface area contributed by atoms with Gasteiger partial charge in [0.1, 0.15) is 6.54 Å². The average molecular weight is 282 g/mol. The maximum atomic E-state index is 12.2. The fourth-order valence-electron chi connectivity index (χ4n) is 2.22. The highest BCUT2D eigenvalue weighted by Gasteiger charge is 2.35. The molecule has 19 heavy (non-hydrogen) atoms. The number of amides is 2. The molecule has 0 radical (unpaired) electrons. The molecule has 1 aliphatic rings. The molecule has 0 aromatic heterocycles. The average Bonchev–Trinajstić information content (AvgIpc) is 2.25. The van der Waals surface area contributed by atoms with E-state index in [9.17, 15) is 22.8 Å². The standard InChI is InChI=1S/C11H17F3N2O3/c1-15(7-11(12,13)14)10(19)16-5-3-2-4-8(16)6-9(17)18/h8H,2-7H2,1H3,(H,17,18). The molecular weight excluding hydrogens is 265 g/mol. The Morgan fingerprint density at radius 3 is 2.53 bits per heavy atom. The zero-order chi connectivity index (χ0) is 14.6. The van der Waals surface area contributed by atoms with Gasteiger partial charge in [0.15, 0.2) is 0 Å². The second-order valence-corrected chi connectivity index (χ2v) is 4.69.